The lowest BCUT2D eigenvalue weighted by Crippen LogP contribution is -2.29. The highest BCUT2D eigenvalue weighted by molar-refractivity contribution is 7.80. The van der Waals surface area contributed by atoms with Crippen molar-refractivity contribution >= 4 is 16.3 Å². The third kappa shape index (κ3) is 3.09. The number of carbonyl (C=O) groups excluding carboxylic acids is 1. The molecule has 6 nitrogen and oxygen atoms in total. The molecule has 1 heterocycles. The van der Waals surface area contributed by atoms with E-state index in [0.717, 1.165) is 6.08 Å². The van der Waals surface area contributed by atoms with Crippen LogP contribution in [0.3, 0.4) is 0 Å². The molecule has 0 aromatic rings. The zero-order chi connectivity index (χ0) is 10.8. The Balaban J connectivity index is 2.50. The SMILES string of the molecule is C=CC(=O)N1CC[C@H](OS(=O)(=O)O)C1. The van der Waals surface area contributed by atoms with Gasteiger partial charge in [0.25, 0.3) is 0 Å². The van der Waals surface area contributed by atoms with Gasteiger partial charge in [-0.25, -0.2) is 4.18 Å². The molecule has 80 valence electrons. The van der Waals surface area contributed by atoms with E-state index in [1.807, 2.05) is 0 Å². The minimum Gasteiger partial charge on any atom is -0.336 e. The maximum atomic E-state index is 11.1. The van der Waals surface area contributed by atoms with E-state index in [0.29, 0.717) is 13.0 Å². The first kappa shape index (κ1) is 11.2. The van der Waals surface area contributed by atoms with Gasteiger partial charge in [0.1, 0.15) is 0 Å². The molecule has 0 aromatic carbocycles. The summed E-state index contributed by atoms with van der Waals surface area (Å²) in [5.74, 6) is -0.272. The van der Waals surface area contributed by atoms with Gasteiger partial charge in [0, 0.05) is 13.1 Å². The number of amides is 1. The first-order chi connectivity index (χ1) is 6.42. The maximum Gasteiger partial charge on any atom is 0.397 e. The normalized spacial score (nSPS) is 22.4. The van der Waals surface area contributed by atoms with Crippen LogP contribution >= 0.6 is 0 Å². The van der Waals surface area contributed by atoms with Gasteiger partial charge in [-0.05, 0) is 12.5 Å². The number of rotatable bonds is 3. The average molecular weight is 221 g/mol. The van der Waals surface area contributed by atoms with Gasteiger partial charge in [0.15, 0.2) is 0 Å². The maximum absolute atomic E-state index is 11.1. The van der Waals surface area contributed by atoms with Gasteiger partial charge in [-0.1, -0.05) is 6.58 Å². The van der Waals surface area contributed by atoms with Gasteiger partial charge in [-0.3, -0.25) is 9.35 Å². The van der Waals surface area contributed by atoms with Crippen LogP contribution in [0.1, 0.15) is 6.42 Å². The molecule has 0 saturated carbocycles. The van der Waals surface area contributed by atoms with Crippen molar-refractivity contribution in [1.29, 1.82) is 0 Å². The monoisotopic (exact) mass is 221 g/mol. The second-order valence-corrected chi connectivity index (χ2v) is 3.97. The number of likely N-dealkylation sites (tertiary alicyclic amines) is 1. The van der Waals surface area contributed by atoms with Gasteiger partial charge in [-0.2, -0.15) is 8.42 Å². The number of nitrogens with zero attached hydrogens (tertiary/aromatic N) is 1. The van der Waals surface area contributed by atoms with Gasteiger partial charge in [-0.15, -0.1) is 0 Å². The van der Waals surface area contributed by atoms with Crippen molar-refractivity contribution in [2.24, 2.45) is 0 Å². The molecule has 1 fully saturated rings. The Hall–Kier alpha value is -0.920. The van der Waals surface area contributed by atoms with Crippen LogP contribution < -0.4 is 0 Å². The predicted octanol–water partition coefficient (Wildman–Crippen LogP) is -0.407. The van der Waals surface area contributed by atoms with E-state index in [9.17, 15) is 13.2 Å². The van der Waals surface area contributed by atoms with Crippen molar-refractivity contribution in [2.45, 2.75) is 12.5 Å². The van der Waals surface area contributed by atoms with E-state index in [1.165, 1.54) is 4.90 Å². The Bertz CT molecular complexity index is 336. The number of carbonyl (C=O) groups is 1. The summed E-state index contributed by atoms with van der Waals surface area (Å²) in [4.78, 5) is 12.5. The standard InChI is InChI=1S/C7H11NO5S/c1-2-7(9)8-4-3-6(5-8)13-14(10,11)12/h2,6H,1,3-5H2,(H,10,11,12)/t6-/m0/s1. The van der Waals surface area contributed by atoms with Gasteiger partial charge in [0.05, 0.1) is 6.10 Å². The van der Waals surface area contributed by atoms with E-state index >= 15 is 0 Å². The Morgan fingerprint density at radius 2 is 2.29 bits per heavy atom. The fraction of sp³-hybridized carbons (Fsp3) is 0.571. The molecule has 1 amide bonds. The fourth-order valence-corrected chi connectivity index (χ4v) is 1.81. The Morgan fingerprint density at radius 1 is 1.64 bits per heavy atom. The molecule has 7 heteroatoms. The third-order valence-electron chi connectivity index (χ3n) is 1.89. The van der Waals surface area contributed by atoms with E-state index in [-0.39, 0.29) is 12.5 Å². The molecule has 1 N–H and O–H groups in total. The molecule has 0 bridgehead atoms. The summed E-state index contributed by atoms with van der Waals surface area (Å²) >= 11 is 0. The van der Waals surface area contributed by atoms with Crippen LogP contribution in [0.4, 0.5) is 0 Å². The quantitative estimate of drug-likeness (QED) is 0.517. The molecule has 0 unspecified atom stereocenters. The number of hydrogen-bond acceptors (Lipinski definition) is 4. The fourth-order valence-electron chi connectivity index (χ4n) is 1.31. The summed E-state index contributed by atoms with van der Waals surface area (Å²) < 4.78 is 33.4. The molecule has 1 atom stereocenters. The van der Waals surface area contributed by atoms with Crippen molar-refractivity contribution in [1.82, 2.24) is 4.90 Å². The second-order valence-electron chi connectivity index (χ2n) is 2.92. The summed E-state index contributed by atoms with van der Waals surface area (Å²) in [5.41, 5.74) is 0. The van der Waals surface area contributed by atoms with E-state index in [2.05, 4.69) is 10.8 Å². The Kier molecular flexibility index (Phi) is 3.25. The largest absolute Gasteiger partial charge is 0.397 e. The van der Waals surface area contributed by atoms with Crippen LogP contribution in [0.2, 0.25) is 0 Å². The van der Waals surface area contributed by atoms with E-state index in [4.69, 9.17) is 4.55 Å². The van der Waals surface area contributed by atoms with Gasteiger partial charge < -0.3 is 4.90 Å². The topological polar surface area (TPSA) is 83.9 Å². The lowest BCUT2D eigenvalue weighted by atomic mass is 10.3. The van der Waals surface area contributed by atoms with E-state index < -0.39 is 16.5 Å². The van der Waals surface area contributed by atoms with Gasteiger partial charge in [0.2, 0.25) is 5.91 Å². The highest BCUT2D eigenvalue weighted by Crippen LogP contribution is 2.14. The van der Waals surface area contributed by atoms with E-state index in [1.54, 1.807) is 0 Å². The molecule has 0 radical (unpaired) electrons. The summed E-state index contributed by atoms with van der Waals surface area (Å²) in [6.45, 7) is 3.87. The van der Waals surface area contributed by atoms with Crippen molar-refractivity contribution in [3.05, 3.63) is 12.7 Å². The molecule has 1 aliphatic heterocycles. The molecule has 0 aromatic heterocycles. The van der Waals surface area contributed by atoms with Crippen LogP contribution in [-0.4, -0.2) is 43.0 Å². The lowest BCUT2D eigenvalue weighted by Gasteiger charge is -2.12. The summed E-state index contributed by atoms with van der Waals surface area (Å²) in [5, 5.41) is 0. The smallest absolute Gasteiger partial charge is 0.336 e. The molecule has 0 aliphatic carbocycles. The zero-order valence-corrected chi connectivity index (χ0v) is 8.24. The molecular weight excluding hydrogens is 210 g/mol. The highest BCUT2D eigenvalue weighted by atomic mass is 32.3. The molecule has 1 saturated heterocycles. The summed E-state index contributed by atoms with van der Waals surface area (Å²) in [6, 6.07) is 0. The minimum absolute atomic E-state index is 0.157. The summed E-state index contributed by atoms with van der Waals surface area (Å²) in [7, 11) is -4.43. The average Bonchev–Trinajstić information content (AvgIpc) is 2.48. The zero-order valence-electron chi connectivity index (χ0n) is 7.42. The van der Waals surface area contributed by atoms with Crippen LogP contribution in [0.5, 0.6) is 0 Å². The van der Waals surface area contributed by atoms with Crippen molar-refractivity contribution in [2.75, 3.05) is 13.1 Å². The van der Waals surface area contributed by atoms with Crippen molar-refractivity contribution in [3.63, 3.8) is 0 Å². The molecule has 1 rings (SSSR count). The van der Waals surface area contributed by atoms with Crippen LogP contribution in [0.25, 0.3) is 0 Å². The first-order valence-electron chi connectivity index (χ1n) is 3.99. The van der Waals surface area contributed by atoms with Crippen LogP contribution in [-0.2, 0) is 19.4 Å². The first-order valence-corrected chi connectivity index (χ1v) is 5.36. The highest BCUT2D eigenvalue weighted by Gasteiger charge is 2.28. The Morgan fingerprint density at radius 3 is 2.79 bits per heavy atom. The Labute approximate surface area is 82.1 Å². The molecule has 1 aliphatic rings. The second kappa shape index (κ2) is 4.07. The number of hydrogen-bond donors (Lipinski definition) is 1. The molecule has 0 spiro atoms. The van der Waals surface area contributed by atoms with Gasteiger partial charge >= 0.3 is 10.4 Å². The lowest BCUT2D eigenvalue weighted by molar-refractivity contribution is -0.125. The summed E-state index contributed by atoms with van der Waals surface area (Å²) in [6.07, 6.45) is 0.878. The molecular formula is C7H11NO5S. The van der Waals surface area contributed by atoms with Crippen LogP contribution in [0, 0.1) is 0 Å². The predicted molar refractivity (Wildman–Crippen MR) is 47.8 cm³/mol. The molecule has 14 heavy (non-hydrogen) atoms. The minimum atomic E-state index is -4.43. The van der Waals surface area contributed by atoms with Crippen molar-refractivity contribution in [3.8, 4) is 0 Å². The van der Waals surface area contributed by atoms with Crippen molar-refractivity contribution < 1.29 is 21.9 Å². The van der Waals surface area contributed by atoms with Crippen LogP contribution in [0.15, 0.2) is 12.7 Å². The third-order valence-corrected chi connectivity index (χ3v) is 2.40.